The summed E-state index contributed by atoms with van der Waals surface area (Å²) < 4.78 is 17.1. The van der Waals surface area contributed by atoms with Gasteiger partial charge in [0, 0.05) is 12.0 Å². The number of hydrogen-bond donors (Lipinski definition) is 0. The first-order chi connectivity index (χ1) is 16.5. The first kappa shape index (κ1) is 23.3. The lowest BCUT2D eigenvalue weighted by atomic mass is 10.0. The molecule has 1 saturated heterocycles. The highest BCUT2D eigenvalue weighted by Gasteiger charge is 2.35. The summed E-state index contributed by atoms with van der Waals surface area (Å²) in [6, 6.07) is 24.2. The highest BCUT2D eigenvalue weighted by molar-refractivity contribution is 5.91. The summed E-state index contributed by atoms with van der Waals surface area (Å²) in [5.41, 5.74) is 3.05. The molecular formula is C29H28O5. The Morgan fingerprint density at radius 2 is 1.62 bits per heavy atom. The molecule has 5 nitrogen and oxygen atoms in total. The maximum absolute atomic E-state index is 12.6. The van der Waals surface area contributed by atoms with Crippen molar-refractivity contribution < 1.29 is 23.8 Å². The number of rotatable bonds is 9. The zero-order valence-corrected chi connectivity index (χ0v) is 19.2. The molecule has 0 saturated carbocycles. The van der Waals surface area contributed by atoms with Crippen LogP contribution in [0, 0.1) is 0 Å². The van der Waals surface area contributed by atoms with Crippen molar-refractivity contribution in [1.82, 2.24) is 0 Å². The third-order valence-corrected chi connectivity index (χ3v) is 5.80. The summed E-state index contributed by atoms with van der Waals surface area (Å²) in [5.74, 6) is 0.291. The number of unbranched alkanes of at least 4 members (excludes halogenated alkanes) is 1. The van der Waals surface area contributed by atoms with Gasteiger partial charge in [0.25, 0.3) is 0 Å². The highest BCUT2D eigenvalue weighted by Crippen LogP contribution is 2.28. The van der Waals surface area contributed by atoms with Gasteiger partial charge in [-0.15, -0.1) is 0 Å². The van der Waals surface area contributed by atoms with Gasteiger partial charge in [-0.25, -0.2) is 9.59 Å². The number of benzene rings is 3. The molecule has 34 heavy (non-hydrogen) atoms. The van der Waals surface area contributed by atoms with Crippen LogP contribution >= 0.6 is 0 Å². The Morgan fingerprint density at radius 1 is 0.971 bits per heavy atom. The lowest BCUT2D eigenvalue weighted by Crippen LogP contribution is -2.31. The van der Waals surface area contributed by atoms with Gasteiger partial charge in [-0.05, 0) is 60.4 Å². The molecule has 1 heterocycles. The van der Waals surface area contributed by atoms with Gasteiger partial charge < -0.3 is 14.2 Å². The molecule has 1 aliphatic heterocycles. The Balaban J connectivity index is 1.38. The minimum atomic E-state index is -0.442. The second-order valence-electron chi connectivity index (χ2n) is 8.35. The summed E-state index contributed by atoms with van der Waals surface area (Å²) >= 11 is 0. The van der Waals surface area contributed by atoms with Crippen molar-refractivity contribution in [3.8, 4) is 22.6 Å². The molecule has 0 N–H and O–H groups in total. The molecule has 0 spiro atoms. The predicted molar refractivity (Wildman–Crippen MR) is 131 cm³/mol. The molecule has 0 aliphatic carbocycles. The molecular weight excluding hydrogens is 428 g/mol. The van der Waals surface area contributed by atoms with Crippen LogP contribution in [0.15, 0.2) is 91.0 Å². The number of hydrogen-bond acceptors (Lipinski definition) is 5. The molecule has 0 amide bonds. The average molecular weight is 457 g/mol. The minimum Gasteiger partial charge on any atom is -0.487 e. The van der Waals surface area contributed by atoms with Crippen LogP contribution in [0.4, 0.5) is 0 Å². The fraction of sp³-hybridized carbons (Fsp3) is 0.241. The predicted octanol–water partition coefficient (Wildman–Crippen LogP) is 6.38. The van der Waals surface area contributed by atoms with Crippen LogP contribution in [0.2, 0.25) is 0 Å². The van der Waals surface area contributed by atoms with Gasteiger partial charge in [-0.2, -0.15) is 0 Å². The largest absolute Gasteiger partial charge is 0.487 e. The summed E-state index contributed by atoms with van der Waals surface area (Å²) in [5, 5.41) is 0. The van der Waals surface area contributed by atoms with Gasteiger partial charge >= 0.3 is 11.9 Å². The van der Waals surface area contributed by atoms with Crippen LogP contribution in [0.25, 0.3) is 11.1 Å². The topological polar surface area (TPSA) is 61.8 Å². The van der Waals surface area contributed by atoms with Gasteiger partial charge in [-0.3, -0.25) is 0 Å². The normalized spacial score (nSPS) is 16.1. The van der Waals surface area contributed by atoms with Gasteiger partial charge in [0.2, 0.25) is 0 Å². The van der Waals surface area contributed by atoms with E-state index in [2.05, 4.69) is 13.5 Å². The van der Waals surface area contributed by atoms with Gasteiger partial charge in [0.1, 0.15) is 23.7 Å². The number of cyclic esters (lactones) is 1. The van der Waals surface area contributed by atoms with Crippen molar-refractivity contribution in [1.29, 1.82) is 0 Å². The van der Waals surface area contributed by atoms with Gasteiger partial charge in [-0.1, -0.05) is 62.4 Å². The van der Waals surface area contributed by atoms with E-state index in [1.807, 2.05) is 42.5 Å². The van der Waals surface area contributed by atoms with E-state index in [1.54, 1.807) is 36.4 Å². The van der Waals surface area contributed by atoms with Crippen LogP contribution < -0.4 is 9.47 Å². The van der Waals surface area contributed by atoms with Crippen LogP contribution in [0.5, 0.6) is 11.5 Å². The molecule has 5 heteroatoms. The van der Waals surface area contributed by atoms with Crippen LogP contribution in [-0.4, -0.2) is 24.1 Å². The average Bonchev–Trinajstić information content (AvgIpc) is 3.21. The highest BCUT2D eigenvalue weighted by atomic mass is 16.6. The molecule has 1 aliphatic rings. The van der Waals surface area contributed by atoms with Crippen LogP contribution in [0.1, 0.15) is 43.0 Å². The van der Waals surface area contributed by atoms with Crippen LogP contribution in [0.3, 0.4) is 0 Å². The Morgan fingerprint density at radius 3 is 2.24 bits per heavy atom. The zero-order valence-electron chi connectivity index (χ0n) is 19.2. The van der Waals surface area contributed by atoms with E-state index in [9.17, 15) is 9.59 Å². The number of carbonyl (C=O) groups is 2. The second kappa shape index (κ2) is 10.8. The number of carbonyl (C=O) groups excluding carboxylic acids is 2. The maximum atomic E-state index is 12.6. The Bertz CT molecular complexity index is 1120. The molecule has 3 aromatic rings. The van der Waals surface area contributed by atoms with Crippen molar-refractivity contribution >= 4 is 11.9 Å². The van der Waals surface area contributed by atoms with Gasteiger partial charge in [0.05, 0.1) is 5.56 Å². The Hall–Kier alpha value is -3.86. The van der Waals surface area contributed by atoms with E-state index in [0.29, 0.717) is 29.1 Å². The zero-order chi connectivity index (χ0) is 23.9. The summed E-state index contributed by atoms with van der Waals surface area (Å²) in [7, 11) is 0. The lowest BCUT2D eigenvalue weighted by molar-refractivity contribution is -0.142. The quantitative estimate of drug-likeness (QED) is 0.212. The summed E-state index contributed by atoms with van der Waals surface area (Å²) in [6.45, 7) is 5.86. The summed E-state index contributed by atoms with van der Waals surface area (Å²) in [6.07, 6.45) is 2.61. The molecule has 0 bridgehead atoms. The number of ether oxygens (including phenoxy) is 3. The second-order valence-corrected chi connectivity index (χ2v) is 8.35. The van der Waals surface area contributed by atoms with Crippen LogP contribution in [-0.2, 0) is 9.53 Å². The standard InChI is InChI=1S/C29H28O5/c1-3-4-10-26(27-19-20(2)28(30)34-27)32-24-17-13-23(14-18-24)29(31)33-25-15-11-22(12-16-25)21-8-6-5-7-9-21/h5-9,11-18,26-27H,2-4,10,19H2,1H3. The van der Waals surface area contributed by atoms with Crippen molar-refractivity contribution in [2.45, 2.75) is 44.8 Å². The van der Waals surface area contributed by atoms with E-state index in [4.69, 9.17) is 14.2 Å². The SMILES string of the molecule is C=C1CC(C(CCCC)Oc2ccc(C(=O)Oc3ccc(-c4ccccc4)cc3)cc2)OC1=O. The monoisotopic (exact) mass is 456 g/mol. The smallest absolute Gasteiger partial charge is 0.343 e. The van der Waals surface area contributed by atoms with E-state index in [1.165, 1.54) is 0 Å². The molecule has 0 radical (unpaired) electrons. The first-order valence-corrected chi connectivity index (χ1v) is 11.6. The Labute approximate surface area is 200 Å². The van der Waals surface area contributed by atoms with Crippen molar-refractivity contribution in [3.05, 3.63) is 96.6 Å². The van der Waals surface area contributed by atoms with E-state index in [0.717, 1.165) is 30.4 Å². The third-order valence-electron chi connectivity index (χ3n) is 5.80. The van der Waals surface area contributed by atoms with E-state index >= 15 is 0 Å². The molecule has 0 aromatic heterocycles. The molecule has 3 aromatic carbocycles. The van der Waals surface area contributed by atoms with Crippen molar-refractivity contribution in [3.63, 3.8) is 0 Å². The van der Waals surface area contributed by atoms with Gasteiger partial charge in [0.15, 0.2) is 0 Å². The molecule has 2 atom stereocenters. The number of esters is 2. The maximum Gasteiger partial charge on any atom is 0.343 e. The minimum absolute atomic E-state index is 0.260. The van der Waals surface area contributed by atoms with E-state index in [-0.39, 0.29) is 18.2 Å². The first-order valence-electron chi connectivity index (χ1n) is 11.6. The lowest BCUT2D eigenvalue weighted by Gasteiger charge is -2.23. The van der Waals surface area contributed by atoms with Crippen molar-refractivity contribution in [2.75, 3.05) is 0 Å². The van der Waals surface area contributed by atoms with Crippen molar-refractivity contribution in [2.24, 2.45) is 0 Å². The fourth-order valence-corrected chi connectivity index (χ4v) is 3.88. The van der Waals surface area contributed by atoms with E-state index < -0.39 is 5.97 Å². The third kappa shape index (κ3) is 5.73. The molecule has 4 rings (SSSR count). The molecule has 174 valence electrons. The fourth-order valence-electron chi connectivity index (χ4n) is 3.88. The molecule has 1 fully saturated rings. The Kier molecular flexibility index (Phi) is 7.43. The summed E-state index contributed by atoms with van der Waals surface area (Å²) in [4.78, 5) is 24.3. The molecule has 2 unspecified atom stereocenters.